The van der Waals surface area contributed by atoms with Gasteiger partial charge in [-0.3, -0.25) is 9.59 Å². The molecular weight excluding hydrogens is 379 g/mol. The number of piperazine rings is 1. The number of carbonyl (C=O) groups is 2. The molecule has 1 aliphatic rings. The van der Waals surface area contributed by atoms with Gasteiger partial charge >= 0.3 is 0 Å². The standard InChI is InChI=1S/C18H24Cl2N2O2S/c1-12(25-15-11-13(19)5-6-14(15)20)16(23)21-7-9-22(10-8-21)17(24)18(2,3)4/h5-6,11-12H,7-10H2,1-4H3. The largest absolute Gasteiger partial charge is 0.339 e. The molecule has 0 bridgehead atoms. The van der Waals surface area contributed by atoms with Crippen LogP contribution in [0, 0.1) is 5.41 Å². The van der Waals surface area contributed by atoms with Gasteiger partial charge in [-0.05, 0) is 25.1 Å². The Balaban J connectivity index is 1.93. The second kappa shape index (κ2) is 8.19. The molecule has 1 aromatic carbocycles. The van der Waals surface area contributed by atoms with E-state index in [0.717, 1.165) is 4.90 Å². The van der Waals surface area contributed by atoms with Crippen molar-refractivity contribution in [2.45, 2.75) is 37.8 Å². The fourth-order valence-corrected chi connectivity index (χ4v) is 4.16. The van der Waals surface area contributed by atoms with Crippen LogP contribution in [0.25, 0.3) is 0 Å². The van der Waals surface area contributed by atoms with Gasteiger partial charge in [0.15, 0.2) is 0 Å². The van der Waals surface area contributed by atoms with Crippen LogP contribution in [-0.2, 0) is 9.59 Å². The fourth-order valence-electron chi connectivity index (χ4n) is 2.67. The monoisotopic (exact) mass is 402 g/mol. The Labute approximate surface area is 163 Å². The smallest absolute Gasteiger partial charge is 0.235 e. The minimum atomic E-state index is -0.390. The Morgan fingerprint density at radius 1 is 1.08 bits per heavy atom. The molecule has 7 heteroatoms. The van der Waals surface area contributed by atoms with Crippen LogP contribution in [-0.4, -0.2) is 53.0 Å². The summed E-state index contributed by atoms with van der Waals surface area (Å²) < 4.78 is 0. The third-order valence-electron chi connectivity index (χ3n) is 4.06. The average molecular weight is 403 g/mol. The van der Waals surface area contributed by atoms with Crippen molar-refractivity contribution in [1.29, 1.82) is 0 Å². The summed E-state index contributed by atoms with van der Waals surface area (Å²) >= 11 is 13.6. The van der Waals surface area contributed by atoms with Crippen molar-refractivity contribution in [3.05, 3.63) is 28.2 Å². The Hall–Kier alpha value is -0.910. The molecule has 1 aromatic rings. The molecule has 2 rings (SSSR count). The molecule has 2 amide bonds. The van der Waals surface area contributed by atoms with Crippen molar-refractivity contribution < 1.29 is 9.59 Å². The van der Waals surface area contributed by atoms with E-state index >= 15 is 0 Å². The fraction of sp³-hybridized carbons (Fsp3) is 0.556. The molecule has 25 heavy (non-hydrogen) atoms. The maximum Gasteiger partial charge on any atom is 0.235 e. The van der Waals surface area contributed by atoms with Gasteiger partial charge in [0.05, 0.1) is 10.3 Å². The van der Waals surface area contributed by atoms with Crippen molar-refractivity contribution in [3.63, 3.8) is 0 Å². The molecule has 0 N–H and O–H groups in total. The molecule has 1 unspecified atom stereocenters. The van der Waals surface area contributed by atoms with E-state index in [1.165, 1.54) is 11.8 Å². The van der Waals surface area contributed by atoms with Crippen molar-refractivity contribution in [3.8, 4) is 0 Å². The molecule has 0 saturated carbocycles. The number of nitrogens with zero attached hydrogens (tertiary/aromatic N) is 2. The van der Waals surface area contributed by atoms with Gasteiger partial charge in [0, 0.05) is 41.5 Å². The summed E-state index contributed by atoms with van der Waals surface area (Å²) in [6.07, 6.45) is 0. The lowest BCUT2D eigenvalue weighted by molar-refractivity contribution is -0.144. The van der Waals surface area contributed by atoms with Gasteiger partial charge in [-0.1, -0.05) is 44.0 Å². The molecule has 0 spiro atoms. The van der Waals surface area contributed by atoms with Gasteiger partial charge in [-0.2, -0.15) is 0 Å². The van der Waals surface area contributed by atoms with E-state index in [0.29, 0.717) is 36.2 Å². The van der Waals surface area contributed by atoms with Crippen molar-refractivity contribution in [2.24, 2.45) is 5.41 Å². The first-order chi connectivity index (χ1) is 11.6. The Kier molecular flexibility index (Phi) is 6.68. The summed E-state index contributed by atoms with van der Waals surface area (Å²) in [5, 5.41) is 0.927. The summed E-state index contributed by atoms with van der Waals surface area (Å²) in [5.41, 5.74) is -0.390. The molecule has 1 aliphatic heterocycles. The number of benzene rings is 1. The summed E-state index contributed by atoms with van der Waals surface area (Å²) in [6, 6.07) is 5.24. The highest BCUT2D eigenvalue weighted by Gasteiger charge is 2.32. The summed E-state index contributed by atoms with van der Waals surface area (Å²) in [5.74, 6) is 0.191. The first-order valence-electron chi connectivity index (χ1n) is 8.29. The molecular formula is C18H24Cl2N2O2S. The van der Waals surface area contributed by atoms with Crippen LogP contribution >= 0.6 is 35.0 Å². The van der Waals surface area contributed by atoms with Gasteiger partial charge in [0.1, 0.15) is 0 Å². The highest BCUT2D eigenvalue weighted by Crippen LogP contribution is 2.33. The molecule has 1 saturated heterocycles. The number of thioether (sulfide) groups is 1. The van der Waals surface area contributed by atoms with Gasteiger partial charge in [-0.15, -0.1) is 11.8 Å². The highest BCUT2D eigenvalue weighted by atomic mass is 35.5. The zero-order valence-electron chi connectivity index (χ0n) is 15.0. The predicted molar refractivity (Wildman–Crippen MR) is 104 cm³/mol. The van der Waals surface area contributed by atoms with E-state index in [2.05, 4.69) is 0 Å². The molecule has 1 atom stereocenters. The molecule has 0 radical (unpaired) electrons. The van der Waals surface area contributed by atoms with Crippen molar-refractivity contribution in [1.82, 2.24) is 9.80 Å². The van der Waals surface area contributed by atoms with E-state index in [1.807, 2.05) is 37.5 Å². The van der Waals surface area contributed by atoms with Gasteiger partial charge in [-0.25, -0.2) is 0 Å². The third-order valence-corrected chi connectivity index (χ3v) is 5.89. The van der Waals surface area contributed by atoms with Crippen LogP contribution in [0.1, 0.15) is 27.7 Å². The molecule has 4 nitrogen and oxygen atoms in total. The topological polar surface area (TPSA) is 40.6 Å². The first kappa shape index (κ1) is 20.4. The summed E-state index contributed by atoms with van der Waals surface area (Å²) in [4.78, 5) is 29.5. The van der Waals surface area contributed by atoms with E-state index in [-0.39, 0.29) is 17.1 Å². The molecule has 0 aromatic heterocycles. The highest BCUT2D eigenvalue weighted by molar-refractivity contribution is 8.00. The molecule has 1 fully saturated rings. The minimum absolute atomic E-state index is 0.0592. The van der Waals surface area contributed by atoms with E-state index < -0.39 is 5.41 Å². The number of hydrogen-bond acceptors (Lipinski definition) is 3. The van der Waals surface area contributed by atoms with Gasteiger partial charge < -0.3 is 9.80 Å². The Bertz CT molecular complexity index is 653. The Morgan fingerprint density at radius 3 is 2.20 bits per heavy atom. The predicted octanol–water partition coefficient (Wildman–Crippen LogP) is 4.19. The lowest BCUT2D eigenvalue weighted by Gasteiger charge is -2.38. The van der Waals surface area contributed by atoms with Crippen molar-refractivity contribution in [2.75, 3.05) is 26.2 Å². The first-order valence-corrected chi connectivity index (χ1v) is 9.93. The lowest BCUT2D eigenvalue weighted by Crippen LogP contribution is -2.54. The van der Waals surface area contributed by atoms with Crippen LogP contribution in [0.4, 0.5) is 0 Å². The maximum absolute atomic E-state index is 12.7. The van der Waals surface area contributed by atoms with Gasteiger partial charge in [0.2, 0.25) is 11.8 Å². The maximum atomic E-state index is 12.7. The number of carbonyl (C=O) groups excluding carboxylic acids is 2. The minimum Gasteiger partial charge on any atom is -0.339 e. The van der Waals surface area contributed by atoms with E-state index in [9.17, 15) is 9.59 Å². The number of hydrogen-bond donors (Lipinski definition) is 0. The van der Waals surface area contributed by atoms with Crippen LogP contribution < -0.4 is 0 Å². The van der Waals surface area contributed by atoms with Gasteiger partial charge in [0.25, 0.3) is 0 Å². The van der Waals surface area contributed by atoms with Crippen LogP contribution in [0.2, 0.25) is 10.0 Å². The van der Waals surface area contributed by atoms with E-state index in [4.69, 9.17) is 23.2 Å². The number of amides is 2. The normalized spacial score (nSPS) is 16.7. The van der Waals surface area contributed by atoms with Crippen LogP contribution in [0.3, 0.4) is 0 Å². The second-order valence-corrected chi connectivity index (χ2v) is 9.43. The van der Waals surface area contributed by atoms with Crippen LogP contribution in [0.15, 0.2) is 23.1 Å². The number of halogens is 2. The van der Waals surface area contributed by atoms with Crippen LogP contribution in [0.5, 0.6) is 0 Å². The summed E-state index contributed by atoms with van der Waals surface area (Å²) in [6.45, 7) is 9.91. The molecule has 1 heterocycles. The quantitative estimate of drug-likeness (QED) is 0.711. The SMILES string of the molecule is CC(Sc1cc(Cl)ccc1Cl)C(=O)N1CCN(C(=O)C(C)(C)C)CC1. The summed E-state index contributed by atoms with van der Waals surface area (Å²) in [7, 11) is 0. The number of rotatable bonds is 3. The molecule has 138 valence electrons. The zero-order valence-corrected chi connectivity index (χ0v) is 17.3. The Morgan fingerprint density at radius 2 is 1.64 bits per heavy atom. The zero-order chi connectivity index (χ0) is 18.8. The average Bonchev–Trinajstić information content (AvgIpc) is 2.56. The van der Waals surface area contributed by atoms with Crippen molar-refractivity contribution >= 4 is 46.8 Å². The second-order valence-electron chi connectivity index (χ2n) is 7.20. The lowest BCUT2D eigenvalue weighted by atomic mass is 9.94. The van der Waals surface area contributed by atoms with E-state index in [1.54, 1.807) is 18.2 Å². The third kappa shape index (κ3) is 5.28. The molecule has 0 aliphatic carbocycles.